The summed E-state index contributed by atoms with van der Waals surface area (Å²) in [6, 6.07) is 28.0. The zero-order chi connectivity index (χ0) is 29.2. The molecule has 10 heteroatoms. The number of aromatic nitrogens is 2. The average molecular weight is 780 g/mol. The molecule has 0 spiro atoms. The number of ether oxygens (including phenoxy) is 1. The highest BCUT2D eigenvalue weighted by atomic mass is 127. The van der Waals surface area contributed by atoms with Crippen molar-refractivity contribution < 1.29 is 13.9 Å². The van der Waals surface area contributed by atoms with Crippen LogP contribution in [0.5, 0.6) is 5.75 Å². The highest BCUT2D eigenvalue weighted by molar-refractivity contribution is 14.1. The fraction of sp³-hybridized carbons (Fsp3) is 0.0625. The summed E-state index contributed by atoms with van der Waals surface area (Å²) >= 11 is 4.33. The topological polar surface area (TPSA) is 98.7 Å². The van der Waals surface area contributed by atoms with Gasteiger partial charge in [-0.2, -0.15) is 9.78 Å². The molecule has 0 aliphatic heterocycles. The van der Waals surface area contributed by atoms with Gasteiger partial charge in [0.1, 0.15) is 11.3 Å². The largest absolute Gasteiger partial charge is 0.482 e. The molecule has 8 nitrogen and oxygen atoms in total. The van der Waals surface area contributed by atoms with E-state index in [9.17, 15) is 9.59 Å². The maximum Gasteiger partial charge on any atom is 0.282 e. The predicted octanol–water partition coefficient (Wildman–Crippen LogP) is 7.23. The van der Waals surface area contributed by atoms with Crippen LogP contribution in [0.15, 0.2) is 105 Å². The van der Waals surface area contributed by atoms with Crippen LogP contribution in [-0.2, 0) is 4.79 Å². The molecule has 42 heavy (non-hydrogen) atoms. The summed E-state index contributed by atoms with van der Waals surface area (Å²) in [5.74, 6) is 1.08. The van der Waals surface area contributed by atoms with Gasteiger partial charge < -0.3 is 14.5 Å². The van der Waals surface area contributed by atoms with Gasteiger partial charge in [-0.15, -0.1) is 0 Å². The van der Waals surface area contributed by atoms with Crippen molar-refractivity contribution in [3.8, 4) is 17.3 Å². The number of furan rings is 1. The fourth-order valence-electron chi connectivity index (χ4n) is 4.37. The van der Waals surface area contributed by atoms with Gasteiger partial charge in [-0.1, -0.05) is 48.0 Å². The van der Waals surface area contributed by atoms with Crippen molar-refractivity contribution in [2.24, 2.45) is 5.10 Å². The predicted molar refractivity (Wildman–Crippen MR) is 181 cm³/mol. The molecule has 1 amide bonds. The van der Waals surface area contributed by atoms with Crippen molar-refractivity contribution in [3.05, 3.63) is 120 Å². The summed E-state index contributed by atoms with van der Waals surface area (Å²) in [7, 11) is 0. The lowest BCUT2D eigenvalue weighted by Crippen LogP contribution is -2.21. The summed E-state index contributed by atoms with van der Waals surface area (Å²) in [6.07, 6.45) is 1.60. The van der Waals surface area contributed by atoms with Gasteiger partial charge >= 0.3 is 0 Å². The Hall–Kier alpha value is -4.04. The average Bonchev–Trinajstić information content (AvgIpc) is 3.42. The number of nitrogens with one attached hydrogen (secondary N) is 1. The number of benzene rings is 4. The van der Waals surface area contributed by atoms with E-state index in [4.69, 9.17) is 14.1 Å². The van der Waals surface area contributed by atoms with Crippen molar-refractivity contribution in [1.82, 2.24) is 9.66 Å². The molecule has 0 saturated heterocycles. The number of halogens is 2. The van der Waals surface area contributed by atoms with Gasteiger partial charge in [0, 0.05) is 11.1 Å². The van der Waals surface area contributed by atoms with Crippen LogP contribution in [0.3, 0.4) is 0 Å². The Morgan fingerprint density at radius 2 is 1.71 bits per heavy atom. The number of anilines is 1. The van der Waals surface area contributed by atoms with E-state index in [0.717, 1.165) is 23.7 Å². The molecule has 0 atom stereocenters. The molecule has 0 fully saturated rings. The summed E-state index contributed by atoms with van der Waals surface area (Å²) in [4.78, 5) is 30.7. The minimum atomic E-state index is -0.309. The Morgan fingerprint density at radius 1 is 1.00 bits per heavy atom. The third-order valence-electron chi connectivity index (χ3n) is 6.43. The van der Waals surface area contributed by atoms with E-state index in [2.05, 4.69) is 55.6 Å². The molecule has 6 rings (SSSR count). The number of amides is 1. The third-order valence-corrected chi connectivity index (χ3v) is 8.03. The van der Waals surface area contributed by atoms with Crippen molar-refractivity contribution in [2.45, 2.75) is 6.92 Å². The first kappa shape index (κ1) is 28.1. The lowest BCUT2D eigenvalue weighted by molar-refractivity contribution is -0.118. The van der Waals surface area contributed by atoms with E-state index in [1.165, 1.54) is 4.68 Å². The van der Waals surface area contributed by atoms with E-state index in [0.29, 0.717) is 39.5 Å². The minimum Gasteiger partial charge on any atom is -0.482 e. The molecule has 2 heterocycles. The molecule has 0 aliphatic rings. The van der Waals surface area contributed by atoms with Crippen molar-refractivity contribution >= 4 is 84.9 Å². The number of carbonyl (C=O) groups excluding carboxylic acids is 1. The maximum atomic E-state index is 13.6. The van der Waals surface area contributed by atoms with Gasteiger partial charge in [0.25, 0.3) is 11.5 Å². The summed E-state index contributed by atoms with van der Waals surface area (Å²) in [6.45, 7) is 1.86. The highest BCUT2D eigenvalue weighted by Crippen LogP contribution is 2.29. The van der Waals surface area contributed by atoms with Gasteiger partial charge in [-0.05, 0) is 106 Å². The minimum absolute atomic E-state index is 0.133. The maximum absolute atomic E-state index is 13.6. The van der Waals surface area contributed by atoms with Crippen LogP contribution in [0.25, 0.3) is 33.5 Å². The number of hydrogen-bond acceptors (Lipinski definition) is 6. The second-order valence-corrected chi connectivity index (χ2v) is 11.8. The molecule has 0 bridgehead atoms. The summed E-state index contributed by atoms with van der Waals surface area (Å²) in [5, 5.41) is 8.75. The smallest absolute Gasteiger partial charge is 0.282 e. The number of aryl methyl sites for hydroxylation is 1. The van der Waals surface area contributed by atoms with Crippen LogP contribution in [-0.4, -0.2) is 28.4 Å². The molecule has 0 radical (unpaired) electrons. The Balaban J connectivity index is 1.28. The van der Waals surface area contributed by atoms with Crippen LogP contribution < -0.4 is 15.6 Å². The quantitative estimate of drug-likeness (QED) is 0.136. The molecule has 6 aromatic rings. The summed E-state index contributed by atoms with van der Waals surface area (Å²) in [5.41, 5.74) is 3.52. The van der Waals surface area contributed by atoms with Gasteiger partial charge in [-0.3, -0.25) is 9.59 Å². The zero-order valence-electron chi connectivity index (χ0n) is 22.2. The number of nitrogens with zero attached hydrogens (tertiary/aromatic N) is 3. The Kier molecular flexibility index (Phi) is 8.07. The second kappa shape index (κ2) is 12.1. The fourth-order valence-corrected chi connectivity index (χ4v) is 6.50. The zero-order valence-corrected chi connectivity index (χ0v) is 26.5. The SMILES string of the molecule is Cc1ccc(NC(=O)COc2c(I)cc(C=Nn3c(-c4cc5ccccc5o4)nc4ccccc4c3=O)cc2I)cc1. The standard InChI is InChI=1S/C32H22I2N4O4/c1-19-10-12-22(13-11-19)36-29(39)18-41-30-24(33)14-20(15-25(30)34)17-35-38-31(28-16-21-6-2-5-9-27(21)42-28)37-26-8-4-3-7-23(26)32(38)40/h2-17H,18H2,1H3,(H,36,39). The molecule has 0 aliphatic carbocycles. The van der Waals surface area contributed by atoms with E-state index in [1.54, 1.807) is 24.4 Å². The van der Waals surface area contributed by atoms with Gasteiger partial charge in [-0.25, -0.2) is 4.98 Å². The van der Waals surface area contributed by atoms with Crippen LogP contribution in [0.4, 0.5) is 5.69 Å². The Morgan fingerprint density at radius 3 is 2.48 bits per heavy atom. The monoisotopic (exact) mass is 780 g/mol. The number of rotatable bonds is 7. The van der Waals surface area contributed by atoms with Crippen molar-refractivity contribution in [3.63, 3.8) is 0 Å². The first-order chi connectivity index (χ1) is 20.4. The normalized spacial score (nSPS) is 11.4. The van der Waals surface area contributed by atoms with E-state index >= 15 is 0 Å². The molecular weight excluding hydrogens is 758 g/mol. The number of carbonyl (C=O) groups is 1. The van der Waals surface area contributed by atoms with Gasteiger partial charge in [0.05, 0.1) is 24.3 Å². The Bertz CT molecular complexity index is 1990. The van der Waals surface area contributed by atoms with Crippen LogP contribution in [0.2, 0.25) is 0 Å². The van der Waals surface area contributed by atoms with E-state index in [1.807, 2.05) is 79.7 Å². The van der Waals surface area contributed by atoms with Crippen LogP contribution in [0.1, 0.15) is 11.1 Å². The van der Waals surface area contributed by atoms with Gasteiger partial charge in [0.2, 0.25) is 5.82 Å². The molecular formula is C32H22I2N4O4. The van der Waals surface area contributed by atoms with Crippen LogP contribution >= 0.6 is 45.2 Å². The first-order valence-corrected chi connectivity index (χ1v) is 15.0. The highest BCUT2D eigenvalue weighted by Gasteiger charge is 2.17. The second-order valence-electron chi connectivity index (χ2n) is 9.48. The van der Waals surface area contributed by atoms with Crippen molar-refractivity contribution in [1.29, 1.82) is 0 Å². The third kappa shape index (κ3) is 5.95. The van der Waals surface area contributed by atoms with Crippen molar-refractivity contribution in [2.75, 3.05) is 11.9 Å². The number of fused-ring (bicyclic) bond motifs is 2. The molecule has 208 valence electrons. The molecule has 0 saturated carbocycles. The van der Waals surface area contributed by atoms with Gasteiger partial charge in [0.15, 0.2) is 12.4 Å². The number of para-hydroxylation sites is 2. The van der Waals surface area contributed by atoms with Crippen LogP contribution in [0, 0.1) is 14.1 Å². The Labute approximate surface area is 267 Å². The molecule has 2 aromatic heterocycles. The number of hydrogen-bond donors (Lipinski definition) is 1. The van der Waals surface area contributed by atoms with E-state index in [-0.39, 0.29) is 18.1 Å². The lowest BCUT2D eigenvalue weighted by Gasteiger charge is -2.12. The first-order valence-electron chi connectivity index (χ1n) is 12.9. The lowest BCUT2D eigenvalue weighted by atomic mass is 10.2. The molecule has 0 unspecified atom stereocenters. The summed E-state index contributed by atoms with van der Waals surface area (Å²) < 4.78 is 14.8. The molecule has 4 aromatic carbocycles. The molecule has 1 N–H and O–H groups in total. The van der Waals surface area contributed by atoms with E-state index < -0.39 is 0 Å².